The first-order chi connectivity index (χ1) is 12.5. The molecule has 1 aliphatic carbocycles. The van der Waals surface area contributed by atoms with Crippen molar-refractivity contribution in [3.63, 3.8) is 0 Å². The Kier molecular flexibility index (Phi) is 1.84. The van der Waals surface area contributed by atoms with Gasteiger partial charge in [-0.25, -0.2) is 4.98 Å². The molecule has 1 fully saturated rings. The lowest BCUT2D eigenvalue weighted by Crippen LogP contribution is -2.36. The van der Waals surface area contributed by atoms with Crippen molar-refractivity contribution in [1.29, 1.82) is 0 Å². The van der Waals surface area contributed by atoms with Crippen LogP contribution in [-0.2, 0) is 9.59 Å². The molecule has 2 aromatic rings. The third-order valence-electron chi connectivity index (χ3n) is 3.28. The summed E-state index contributed by atoms with van der Waals surface area (Å²) in [6.07, 6.45) is -3.58. The monoisotopic (exact) mass is 291 g/mol. The number of ketones is 2. The summed E-state index contributed by atoms with van der Waals surface area (Å²) < 4.78 is 47.7. The number of hydrogen-bond donors (Lipinski definition) is 1. The maximum atomic E-state index is 13.1. The second-order valence-electron chi connectivity index (χ2n) is 4.70. The van der Waals surface area contributed by atoms with Gasteiger partial charge in [0.1, 0.15) is 11.6 Å². The van der Waals surface area contributed by atoms with E-state index in [2.05, 4.69) is 4.98 Å². The second kappa shape index (κ2) is 4.80. The number of carbonyl (C=O) groups excluding carboxylic acids is 2. The molecule has 1 aromatic carbocycles. The maximum Gasteiger partial charge on any atom is 0.264 e. The van der Waals surface area contributed by atoms with E-state index in [-0.39, 0.29) is 22.6 Å². The number of rotatable bonds is 1. The van der Waals surface area contributed by atoms with Gasteiger partial charge in [0.2, 0.25) is 0 Å². The van der Waals surface area contributed by atoms with E-state index in [4.69, 9.17) is 14.0 Å². The Morgan fingerprint density at radius 3 is 3.05 bits per heavy atom. The number of fused-ring (bicyclic) bond motifs is 1. The summed E-state index contributed by atoms with van der Waals surface area (Å²) in [5, 5.41) is -0.291. The third kappa shape index (κ3) is 2.12. The van der Waals surface area contributed by atoms with Crippen molar-refractivity contribution in [2.45, 2.75) is 32.1 Å². The topological polar surface area (TPSA) is 95.0 Å². The summed E-state index contributed by atoms with van der Waals surface area (Å²) >= 11 is 0. The van der Waals surface area contributed by atoms with Crippen LogP contribution in [0.15, 0.2) is 22.9 Å². The fourth-order valence-corrected chi connectivity index (χ4v) is 2.32. The Morgan fingerprint density at radius 1 is 1.52 bits per heavy atom. The van der Waals surface area contributed by atoms with Crippen LogP contribution in [-0.4, -0.2) is 21.1 Å². The lowest BCUT2D eigenvalue weighted by atomic mass is 9.92. The van der Waals surface area contributed by atoms with Crippen molar-refractivity contribution in [2.24, 2.45) is 0 Å². The molecular weight excluding hydrogens is 270 g/mol. The van der Waals surface area contributed by atoms with Gasteiger partial charge in [0.15, 0.2) is 5.78 Å². The zero-order valence-corrected chi connectivity index (χ0v) is 10.8. The molecule has 108 valence electrons. The molecule has 1 atom stereocenters. The quantitative estimate of drug-likeness (QED) is 0.628. The molecule has 0 aliphatic heterocycles. The predicted molar refractivity (Wildman–Crippen MR) is 78.1 cm³/mol. The van der Waals surface area contributed by atoms with Gasteiger partial charge in [-0.3, -0.25) is 19.0 Å². The first-order valence-corrected chi connectivity index (χ1v) is 6.16. The van der Waals surface area contributed by atoms with Gasteiger partial charge in [-0.05, 0) is 25.4 Å². The van der Waals surface area contributed by atoms with Crippen LogP contribution in [0.1, 0.15) is 39.3 Å². The van der Waals surface area contributed by atoms with E-state index in [1.165, 1.54) is 0 Å². The largest absolute Gasteiger partial charge is 0.398 e. The van der Waals surface area contributed by atoms with Gasteiger partial charge in [0, 0.05) is 17.6 Å². The van der Waals surface area contributed by atoms with E-state index in [1.54, 1.807) is 0 Å². The molecule has 0 amide bonds. The summed E-state index contributed by atoms with van der Waals surface area (Å²) in [5.41, 5.74) is 4.33. The van der Waals surface area contributed by atoms with E-state index >= 15 is 0 Å². The zero-order valence-electron chi connectivity index (χ0n) is 16.8. The first kappa shape index (κ1) is 8.07. The summed E-state index contributed by atoms with van der Waals surface area (Å²) in [7, 11) is 0. The number of Topliss-reactive ketones (excluding diaryl/α,β-unsaturated/α-hetero) is 2. The summed E-state index contributed by atoms with van der Waals surface area (Å²) in [6, 6.07) is -1.41. The number of nitrogen functional groups attached to an aromatic ring is 1. The van der Waals surface area contributed by atoms with Gasteiger partial charge in [0.05, 0.1) is 26.1 Å². The molecule has 0 radical (unpaired) electrons. The molecule has 0 saturated heterocycles. The second-order valence-corrected chi connectivity index (χ2v) is 4.70. The Bertz CT molecular complexity index is 1050. The SMILES string of the molecule is [2H]c1cc(N)c2c(=O)n(C3C(=O)CC(=O)CC3([2H])[2H])c(C([2H])[2H])nc2c1[2H]. The van der Waals surface area contributed by atoms with E-state index in [9.17, 15) is 14.4 Å². The number of aryl methyl sites for hydroxylation is 1. The molecule has 1 aliphatic rings. The molecule has 6 heteroatoms. The average molecular weight is 291 g/mol. The van der Waals surface area contributed by atoms with E-state index in [0.29, 0.717) is 4.57 Å². The van der Waals surface area contributed by atoms with Crippen LogP contribution in [0.3, 0.4) is 0 Å². The van der Waals surface area contributed by atoms with E-state index in [1.807, 2.05) is 0 Å². The van der Waals surface area contributed by atoms with Gasteiger partial charge in [0.25, 0.3) is 5.56 Å². The van der Waals surface area contributed by atoms with Gasteiger partial charge >= 0.3 is 0 Å². The van der Waals surface area contributed by atoms with Crippen LogP contribution in [0.25, 0.3) is 10.9 Å². The number of carbonyl (C=O) groups is 2. The van der Waals surface area contributed by atoms with E-state index < -0.39 is 61.1 Å². The number of anilines is 1. The van der Waals surface area contributed by atoms with Gasteiger partial charge < -0.3 is 5.73 Å². The standard InChI is InChI=1S/C15H15N3O3/c1-8-17-11-4-2-3-10(16)14(11)15(21)18(8)12-6-5-9(19)7-13(12)20/h2-4,12H,5-7,16H2,1H3/i1D2,2D,4D,6D2. The molecule has 0 spiro atoms. The van der Waals surface area contributed by atoms with Crippen molar-refractivity contribution in [3.05, 3.63) is 34.3 Å². The molecule has 3 rings (SSSR count). The van der Waals surface area contributed by atoms with Crippen molar-refractivity contribution in [1.82, 2.24) is 9.55 Å². The Morgan fingerprint density at radius 2 is 2.33 bits per heavy atom. The summed E-state index contributed by atoms with van der Waals surface area (Å²) in [5.74, 6) is -2.02. The average Bonchev–Trinajstić information content (AvgIpc) is 2.51. The van der Waals surface area contributed by atoms with Crippen LogP contribution >= 0.6 is 0 Å². The highest BCUT2D eigenvalue weighted by atomic mass is 16.2. The summed E-state index contributed by atoms with van der Waals surface area (Å²) in [4.78, 5) is 41.1. The van der Waals surface area contributed by atoms with Gasteiger partial charge in [-0.15, -0.1) is 0 Å². The molecule has 1 heterocycles. The van der Waals surface area contributed by atoms with Gasteiger partial charge in [-0.1, -0.05) is 6.04 Å². The minimum absolute atomic E-state index is 0.185. The lowest BCUT2D eigenvalue weighted by Gasteiger charge is -2.24. The molecule has 2 N–H and O–H groups in total. The smallest absolute Gasteiger partial charge is 0.264 e. The predicted octanol–water partition coefficient (Wildman–Crippen LogP) is 1.15. The highest BCUT2D eigenvalue weighted by Crippen LogP contribution is 2.24. The molecular formula is C15H15N3O3. The Balaban J connectivity index is 2.44. The van der Waals surface area contributed by atoms with Crippen LogP contribution in [0.2, 0.25) is 0 Å². The molecule has 1 saturated carbocycles. The van der Waals surface area contributed by atoms with Crippen molar-refractivity contribution in [3.8, 4) is 0 Å². The highest BCUT2D eigenvalue weighted by molar-refractivity contribution is 6.03. The number of hydrogen-bond acceptors (Lipinski definition) is 5. The maximum absolute atomic E-state index is 13.1. The Labute approximate surface area is 129 Å². The van der Waals surface area contributed by atoms with Gasteiger partial charge in [-0.2, -0.15) is 0 Å². The zero-order chi connectivity index (χ0) is 20.3. The molecule has 6 nitrogen and oxygen atoms in total. The first-order valence-electron chi connectivity index (χ1n) is 9.32. The van der Waals surface area contributed by atoms with Crippen LogP contribution < -0.4 is 11.3 Å². The highest BCUT2D eigenvalue weighted by Gasteiger charge is 2.30. The van der Waals surface area contributed by atoms with Crippen LogP contribution in [0.5, 0.6) is 0 Å². The molecule has 0 bridgehead atoms. The van der Waals surface area contributed by atoms with Crippen LogP contribution in [0.4, 0.5) is 5.69 Å². The number of nitrogens with two attached hydrogens (primary N) is 1. The fourth-order valence-electron chi connectivity index (χ4n) is 2.32. The normalized spacial score (nSPS) is 25.9. The minimum atomic E-state index is -2.41. The lowest BCUT2D eigenvalue weighted by molar-refractivity contribution is -0.132. The number of aromatic nitrogens is 2. The van der Waals surface area contributed by atoms with Crippen molar-refractivity contribution in [2.75, 3.05) is 5.73 Å². The molecule has 21 heavy (non-hydrogen) atoms. The minimum Gasteiger partial charge on any atom is -0.398 e. The summed E-state index contributed by atoms with van der Waals surface area (Å²) in [6.45, 7) is -1.88. The van der Waals surface area contributed by atoms with Crippen molar-refractivity contribution >= 4 is 28.2 Å². The van der Waals surface area contributed by atoms with Crippen molar-refractivity contribution < 1.29 is 17.8 Å². The van der Waals surface area contributed by atoms with E-state index in [0.717, 1.165) is 6.07 Å². The molecule has 1 aromatic heterocycles. The fraction of sp³-hybridized carbons (Fsp3) is 0.333. The number of nitrogens with zero attached hydrogens (tertiary/aromatic N) is 2. The Hall–Kier alpha value is -2.50. The van der Waals surface area contributed by atoms with Crippen LogP contribution in [0, 0.1) is 6.88 Å². The number of benzene rings is 1. The molecule has 1 unspecified atom stereocenters. The third-order valence-corrected chi connectivity index (χ3v) is 3.28.